The monoisotopic (exact) mass is 580 g/mol. The fourth-order valence-electron chi connectivity index (χ4n) is 5.23. The maximum Gasteiger partial charge on any atom is 0.229 e. The van der Waals surface area contributed by atoms with Crippen molar-refractivity contribution >= 4 is 28.5 Å². The van der Waals surface area contributed by atoms with Gasteiger partial charge in [0.15, 0.2) is 0 Å². The Hall–Kier alpha value is -3.72. The zero-order chi connectivity index (χ0) is 30.7. The number of hydrogen-bond donors (Lipinski definition) is 3. The van der Waals surface area contributed by atoms with Crippen molar-refractivity contribution in [1.29, 1.82) is 0 Å². The normalized spacial score (nSPS) is 17.9. The van der Waals surface area contributed by atoms with E-state index in [1.54, 1.807) is 6.20 Å². The van der Waals surface area contributed by atoms with Gasteiger partial charge < -0.3 is 26.0 Å². The zero-order valence-electron chi connectivity index (χ0n) is 25.6. The van der Waals surface area contributed by atoms with Crippen LogP contribution in [0.1, 0.15) is 56.9 Å². The largest absolute Gasteiger partial charge is 0.404 e. The van der Waals surface area contributed by atoms with Crippen LogP contribution in [0.25, 0.3) is 11.3 Å². The first-order valence-electron chi connectivity index (χ1n) is 14.7. The van der Waals surface area contributed by atoms with E-state index in [2.05, 4.69) is 69.3 Å². The van der Waals surface area contributed by atoms with Crippen molar-refractivity contribution < 1.29 is 13.5 Å². The molecule has 2 aromatic rings. The molecule has 1 aromatic carbocycles. The number of anilines is 2. The van der Waals surface area contributed by atoms with Crippen LogP contribution >= 0.6 is 0 Å². The number of amidine groups is 1. The maximum atomic E-state index is 9.62. The van der Waals surface area contributed by atoms with E-state index >= 15 is 0 Å². The number of aryl methyl sites for hydroxylation is 1. The van der Waals surface area contributed by atoms with Crippen LogP contribution in [0.2, 0.25) is 0 Å². The lowest BCUT2D eigenvalue weighted by molar-refractivity contribution is -0.127. The van der Waals surface area contributed by atoms with Gasteiger partial charge in [0, 0.05) is 66.8 Å². The fraction of sp³-hybridized carbons (Fsp3) is 0.455. The van der Waals surface area contributed by atoms with Gasteiger partial charge in [0.05, 0.1) is 24.3 Å². The number of nitrogens with one attached hydrogen (secondary N) is 2. The maximum absolute atomic E-state index is 9.62. The number of nitrogens with zero attached hydrogens (tertiary/aromatic N) is 3. The molecule has 4 N–H and O–H groups in total. The Labute approximate surface area is 249 Å². The van der Waals surface area contributed by atoms with Gasteiger partial charge in [-0.1, -0.05) is 45.1 Å². The number of aliphatic imine (C=N–C) groups is 1. The summed E-state index contributed by atoms with van der Waals surface area (Å²) < 4.78 is 24.7. The minimum Gasteiger partial charge on any atom is -0.404 e. The highest BCUT2D eigenvalue weighted by Crippen LogP contribution is 2.40. The van der Waals surface area contributed by atoms with Gasteiger partial charge in [-0.05, 0) is 56.0 Å². The van der Waals surface area contributed by atoms with Gasteiger partial charge in [-0.15, -0.1) is 0 Å². The molecule has 0 unspecified atom stereocenters. The van der Waals surface area contributed by atoms with E-state index in [1.807, 2.05) is 40.1 Å². The minimum atomic E-state index is -1.75. The molecule has 0 bridgehead atoms. The van der Waals surface area contributed by atoms with Gasteiger partial charge >= 0.3 is 0 Å². The first-order chi connectivity index (χ1) is 20.4. The van der Waals surface area contributed by atoms with E-state index in [4.69, 9.17) is 10.5 Å². The summed E-state index contributed by atoms with van der Waals surface area (Å²) in [6.45, 7) is 14.4. The summed E-state index contributed by atoms with van der Waals surface area (Å²) in [7, 11) is 1.85. The Bertz CT molecular complexity index is 1290. The van der Waals surface area contributed by atoms with Crippen molar-refractivity contribution in [3.63, 3.8) is 0 Å². The number of aromatic nitrogens is 1. The van der Waals surface area contributed by atoms with Crippen LogP contribution in [0.4, 0.5) is 20.2 Å². The predicted molar refractivity (Wildman–Crippen MR) is 172 cm³/mol. The van der Waals surface area contributed by atoms with Crippen LogP contribution in [-0.2, 0) is 4.74 Å². The van der Waals surface area contributed by atoms with E-state index < -0.39 is 6.93 Å². The van der Waals surface area contributed by atoms with Crippen LogP contribution in [0, 0.1) is 18.3 Å². The number of alkyl halides is 2. The molecular formula is C33H46F2N6O. The molecule has 2 aliphatic heterocycles. The Kier molecular flexibility index (Phi) is 12.1. The van der Waals surface area contributed by atoms with E-state index in [-0.39, 0.29) is 0 Å². The van der Waals surface area contributed by atoms with Crippen LogP contribution in [0.3, 0.4) is 0 Å². The average Bonchev–Trinajstić information content (AvgIpc) is 2.92. The summed E-state index contributed by atoms with van der Waals surface area (Å²) in [4.78, 5) is 11.5. The quantitative estimate of drug-likeness (QED) is 0.180. The summed E-state index contributed by atoms with van der Waals surface area (Å²) >= 11 is 0. The molecular weight excluding hydrogens is 534 g/mol. The zero-order valence-corrected chi connectivity index (χ0v) is 25.6. The van der Waals surface area contributed by atoms with Crippen molar-refractivity contribution in [3.8, 4) is 0 Å². The van der Waals surface area contributed by atoms with Gasteiger partial charge in [-0.2, -0.15) is 0 Å². The van der Waals surface area contributed by atoms with E-state index in [1.165, 1.54) is 19.3 Å². The van der Waals surface area contributed by atoms with Crippen molar-refractivity contribution in [2.45, 2.75) is 47.0 Å². The van der Waals surface area contributed by atoms with Crippen LogP contribution in [-0.4, -0.2) is 51.1 Å². The minimum absolute atomic E-state index is 0.356. The summed E-state index contributed by atoms with van der Waals surface area (Å²) in [6.07, 6.45) is 9.18. The fourth-order valence-corrected chi connectivity index (χ4v) is 5.23. The van der Waals surface area contributed by atoms with Crippen molar-refractivity contribution in [3.05, 3.63) is 77.9 Å². The van der Waals surface area contributed by atoms with Crippen molar-refractivity contribution in [1.82, 2.24) is 10.3 Å². The highest BCUT2D eigenvalue weighted by atomic mass is 19.3. The average molecular weight is 581 g/mol. The Balaban J connectivity index is 0.000000910. The molecule has 3 fully saturated rings. The number of hydrogen-bond acceptors (Lipinski definition) is 6. The molecule has 5 rings (SSSR count). The van der Waals surface area contributed by atoms with Crippen LogP contribution in [0.15, 0.2) is 66.1 Å². The molecule has 7 nitrogen and oxygen atoms in total. The molecule has 1 saturated carbocycles. The molecule has 0 atom stereocenters. The van der Waals surface area contributed by atoms with E-state index in [0.29, 0.717) is 11.3 Å². The highest BCUT2D eigenvalue weighted by molar-refractivity contribution is 5.93. The van der Waals surface area contributed by atoms with Gasteiger partial charge in [0.2, 0.25) is 6.93 Å². The first-order valence-corrected chi connectivity index (χ1v) is 14.7. The van der Waals surface area contributed by atoms with Gasteiger partial charge in [-0.25, -0.2) is 8.78 Å². The molecule has 1 aliphatic carbocycles. The molecule has 228 valence electrons. The second kappa shape index (κ2) is 15.5. The Morgan fingerprint density at radius 1 is 1.21 bits per heavy atom. The summed E-state index contributed by atoms with van der Waals surface area (Å²) in [5, 5.41) is 7.07. The van der Waals surface area contributed by atoms with Crippen molar-refractivity contribution in [2.24, 2.45) is 22.1 Å². The molecule has 3 aliphatic rings. The third-order valence-electron chi connectivity index (χ3n) is 7.87. The lowest BCUT2D eigenvalue weighted by Gasteiger charge is -2.56. The SMILES string of the molecule is C=C(NC(=NC)C1CCC1)c1ccc(C)c(NC(=C\C)/C(=C/N)c2cc(N3CC4(COC4)C3)ccn2)c1.CC.FCF. The van der Waals surface area contributed by atoms with E-state index in [9.17, 15) is 8.78 Å². The summed E-state index contributed by atoms with van der Waals surface area (Å²) in [5.74, 6) is 1.54. The van der Waals surface area contributed by atoms with Gasteiger partial charge in [0.25, 0.3) is 0 Å². The number of allylic oxidation sites excluding steroid dienone is 2. The highest BCUT2D eigenvalue weighted by Gasteiger charge is 2.49. The number of ether oxygens (including phenoxy) is 1. The lowest BCUT2D eigenvalue weighted by Crippen LogP contribution is -2.66. The number of halogens is 2. The van der Waals surface area contributed by atoms with Gasteiger partial charge in [-0.3, -0.25) is 9.98 Å². The molecule has 1 spiro atoms. The standard InChI is InChI=1S/C30H38N6O.C2H6.CH2F2/c1-5-26(25(15-31)28-14-24(11-12-33-28)36-16-30(17-36)18-37-19-30)35-27-13-23(10-9-20(27)2)21(3)34-29(32-4)22-7-6-8-22;1-2;2-1-3/h5,9-15,22,35H,3,6-8,16-19,31H2,1-2,4H3,(H,32,34);1-2H3;1H2/b25-15-,26-5-;;. The second-order valence-corrected chi connectivity index (χ2v) is 10.6. The molecule has 2 saturated heterocycles. The third-order valence-corrected chi connectivity index (χ3v) is 7.87. The number of benzene rings is 1. The topological polar surface area (TPSA) is 87.8 Å². The molecule has 42 heavy (non-hydrogen) atoms. The number of pyridine rings is 1. The molecule has 1 aromatic heterocycles. The second-order valence-electron chi connectivity index (χ2n) is 10.6. The van der Waals surface area contributed by atoms with Gasteiger partial charge in [0.1, 0.15) is 5.84 Å². The Morgan fingerprint density at radius 2 is 1.90 bits per heavy atom. The number of rotatable bonds is 8. The third kappa shape index (κ3) is 7.56. The molecule has 3 heterocycles. The Morgan fingerprint density at radius 3 is 2.43 bits per heavy atom. The smallest absolute Gasteiger partial charge is 0.229 e. The molecule has 0 radical (unpaired) electrons. The predicted octanol–water partition coefficient (Wildman–Crippen LogP) is 6.84. The molecule has 9 heteroatoms. The first kappa shape index (κ1) is 32.8. The summed E-state index contributed by atoms with van der Waals surface area (Å²) in [6, 6.07) is 10.5. The van der Waals surface area contributed by atoms with Crippen LogP contribution in [0.5, 0.6) is 0 Å². The van der Waals surface area contributed by atoms with Crippen molar-refractivity contribution in [2.75, 3.05) is 50.5 Å². The molecule has 0 amide bonds. The lowest BCUT2D eigenvalue weighted by atomic mass is 9.78. The summed E-state index contributed by atoms with van der Waals surface area (Å²) in [5.41, 5.74) is 14.3. The number of nitrogens with two attached hydrogens (primary N) is 1. The van der Waals surface area contributed by atoms with Crippen LogP contribution < -0.4 is 21.3 Å². The van der Waals surface area contributed by atoms with E-state index in [0.717, 1.165) is 77.3 Å².